The van der Waals surface area contributed by atoms with Gasteiger partial charge in [0, 0.05) is 23.8 Å². The van der Waals surface area contributed by atoms with Gasteiger partial charge in [-0.15, -0.1) is 6.58 Å². The van der Waals surface area contributed by atoms with Gasteiger partial charge < -0.3 is 44.2 Å². The number of aromatic hydroxyl groups is 1. The summed E-state index contributed by atoms with van der Waals surface area (Å²) in [6.07, 6.45) is -4.02. The van der Waals surface area contributed by atoms with Gasteiger partial charge in [-0.25, -0.2) is 4.79 Å². The number of phenolic OH excluding ortho intramolecular Hbond substituents is 1. The van der Waals surface area contributed by atoms with E-state index >= 15 is 0 Å². The van der Waals surface area contributed by atoms with Crippen LogP contribution >= 0.6 is 0 Å². The summed E-state index contributed by atoms with van der Waals surface area (Å²) < 4.78 is 21.8. The van der Waals surface area contributed by atoms with Crippen molar-refractivity contribution in [3.63, 3.8) is 0 Å². The van der Waals surface area contributed by atoms with Crippen LogP contribution in [-0.2, 0) is 14.3 Å². The van der Waals surface area contributed by atoms with Crippen molar-refractivity contribution >= 4 is 16.9 Å². The van der Waals surface area contributed by atoms with E-state index in [0.717, 1.165) is 6.07 Å². The van der Waals surface area contributed by atoms with Crippen LogP contribution in [0.4, 0.5) is 0 Å². The maximum atomic E-state index is 12.3. The van der Waals surface area contributed by atoms with Crippen LogP contribution < -0.4 is 10.2 Å². The molecule has 0 radical (unpaired) electrons. The van der Waals surface area contributed by atoms with Gasteiger partial charge in [-0.2, -0.15) is 0 Å². The molecule has 2 aromatic rings. The van der Waals surface area contributed by atoms with E-state index in [1.165, 1.54) is 25.1 Å². The molecule has 3 rings (SSSR count). The number of aryl methyl sites for hydroxylation is 1. The number of ether oxygens (including phenoxy) is 3. The molecule has 0 aliphatic carbocycles. The lowest BCUT2D eigenvalue weighted by Gasteiger charge is -2.39. The number of carbonyl (C=O) groups excluding carboxylic acids is 1. The molecule has 1 aliphatic rings. The van der Waals surface area contributed by atoms with Gasteiger partial charge in [0.05, 0.1) is 5.60 Å². The molecule has 6 atom stereocenters. The molecule has 0 amide bonds. The molecule has 1 saturated heterocycles. The Morgan fingerprint density at radius 3 is 2.57 bits per heavy atom. The lowest BCUT2D eigenvalue weighted by atomic mass is 9.99. The third-order valence-corrected chi connectivity index (χ3v) is 6.07. The minimum atomic E-state index is -1.70. The van der Waals surface area contributed by atoms with E-state index in [1.54, 1.807) is 19.9 Å². The Balaban J connectivity index is 1.68. The number of aliphatic hydroxyl groups excluding tert-OH is 3. The first-order valence-electron chi connectivity index (χ1n) is 11.7. The zero-order valence-electron chi connectivity index (χ0n) is 20.8. The molecule has 1 aromatic carbocycles. The van der Waals surface area contributed by atoms with E-state index in [-0.39, 0.29) is 22.3 Å². The van der Waals surface area contributed by atoms with Crippen LogP contribution in [0.2, 0.25) is 0 Å². The van der Waals surface area contributed by atoms with Crippen molar-refractivity contribution in [3.05, 3.63) is 58.5 Å². The van der Waals surface area contributed by atoms with Gasteiger partial charge in [-0.1, -0.05) is 12.2 Å². The Kier molecular flexibility index (Phi) is 8.77. The van der Waals surface area contributed by atoms with E-state index in [1.807, 2.05) is 0 Å². The molecule has 11 heteroatoms. The summed E-state index contributed by atoms with van der Waals surface area (Å²) in [5.74, 6) is -0.860. The third-order valence-electron chi connectivity index (χ3n) is 6.07. The molecular formula is C26H32O11. The average molecular weight is 521 g/mol. The van der Waals surface area contributed by atoms with E-state index in [2.05, 4.69) is 6.58 Å². The Morgan fingerprint density at radius 2 is 1.89 bits per heavy atom. The second kappa shape index (κ2) is 11.4. The van der Waals surface area contributed by atoms with Crippen molar-refractivity contribution in [2.45, 2.75) is 69.9 Å². The summed E-state index contributed by atoms with van der Waals surface area (Å²) in [5, 5.41) is 51.2. The Hall–Kier alpha value is -3.22. The summed E-state index contributed by atoms with van der Waals surface area (Å²) in [6, 6.07) is 3.65. The van der Waals surface area contributed by atoms with Crippen LogP contribution in [0.3, 0.4) is 0 Å². The Labute approximate surface area is 212 Å². The highest BCUT2D eigenvalue weighted by atomic mass is 16.7. The van der Waals surface area contributed by atoms with E-state index in [4.69, 9.17) is 18.6 Å². The highest BCUT2D eigenvalue weighted by Gasteiger charge is 2.45. The van der Waals surface area contributed by atoms with Crippen LogP contribution in [0, 0.1) is 6.92 Å². The van der Waals surface area contributed by atoms with Crippen molar-refractivity contribution in [2.24, 2.45) is 0 Å². The molecule has 202 valence electrons. The van der Waals surface area contributed by atoms with Gasteiger partial charge >= 0.3 is 5.97 Å². The van der Waals surface area contributed by atoms with Gasteiger partial charge in [-0.05, 0) is 33.6 Å². The predicted molar refractivity (Wildman–Crippen MR) is 131 cm³/mol. The van der Waals surface area contributed by atoms with E-state index in [9.17, 15) is 35.1 Å². The number of fused-ring (bicyclic) bond motifs is 1. The summed E-state index contributed by atoms with van der Waals surface area (Å²) in [5.41, 5.74) is -1.22. The molecule has 1 fully saturated rings. The first-order chi connectivity index (χ1) is 17.3. The zero-order valence-corrected chi connectivity index (χ0v) is 20.8. The van der Waals surface area contributed by atoms with Crippen molar-refractivity contribution in [1.82, 2.24) is 0 Å². The topological polar surface area (TPSA) is 176 Å². The Bertz CT molecular complexity index is 1230. The maximum absolute atomic E-state index is 12.3. The smallest absolute Gasteiger partial charge is 0.333 e. The van der Waals surface area contributed by atoms with E-state index < -0.39 is 60.1 Å². The highest BCUT2D eigenvalue weighted by Crippen LogP contribution is 2.31. The van der Waals surface area contributed by atoms with Crippen molar-refractivity contribution in [3.8, 4) is 11.5 Å². The van der Waals surface area contributed by atoms with Crippen molar-refractivity contribution < 1.29 is 49.0 Å². The molecule has 37 heavy (non-hydrogen) atoms. The third kappa shape index (κ3) is 6.76. The number of aliphatic hydroxyl groups is 4. The van der Waals surface area contributed by atoms with Crippen LogP contribution in [0.1, 0.15) is 32.4 Å². The monoisotopic (exact) mass is 520 g/mol. The molecule has 0 unspecified atom stereocenters. The number of rotatable bonds is 9. The van der Waals surface area contributed by atoms with Gasteiger partial charge in [0.1, 0.15) is 59.3 Å². The first kappa shape index (κ1) is 28.4. The zero-order chi connectivity index (χ0) is 27.5. The number of carbonyl (C=O) groups is 1. The normalized spacial score (nSPS) is 25.9. The number of allylic oxidation sites excluding steroid dienone is 1. The molecule has 5 N–H and O–H groups in total. The van der Waals surface area contributed by atoms with Crippen LogP contribution in [-0.4, -0.2) is 74.4 Å². The van der Waals surface area contributed by atoms with Crippen molar-refractivity contribution in [1.29, 1.82) is 0 Å². The molecule has 1 aromatic heterocycles. The van der Waals surface area contributed by atoms with Crippen LogP contribution in [0.25, 0.3) is 11.0 Å². The summed E-state index contributed by atoms with van der Waals surface area (Å²) in [7, 11) is 0. The quantitative estimate of drug-likeness (QED) is 0.182. The second-order valence-electron chi connectivity index (χ2n) is 9.25. The molecular weight excluding hydrogens is 488 g/mol. The fourth-order valence-electron chi connectivity index (χ4n) is 3.76. The maximum Gasteiger partial charge on any atom is 0.333 e. The molecule has 1 aliphatic heterocycles. The number of hydrogen-bond donors (Lipinski definition) is 5. The summed E-state index contributed by atoms with van der Waals surface area (Å²) in [6.45, 7) is 7.76. The summed E-state index contributed by atoms with van der Waals surface area (Å²) in [4.78, 5) is 24.5. The second-order valence-corrected chi connectivity index (χ2v) is 9.25. The minimum absolute atomic E-state index is 0.0354. The predicted octanol–water partition coefficient (Wildman–Crippen LogP) is 1.20. The minimum Gasteiger partial charge on any atom is -0.507 e. The lowest BCUT2D eigenvalue weighted by molar-refractivity contribution is -0.278. The number of benzene rings is 1. The van der Waals surface area contributed by atoms with Crippen molar-refractivity contribution in [2.75, 3.05) is 6.61 Å². The summed E-state index contributed by atoms with van der Waals surface area (Å²) >= 11 is 0. The van der Waals surface area contributed by atoms with Crippen LogP contribution in [0.5, 0.6) is 11.5 Å². The fourth-order valence-corrected chi connectivity index (χ4v) is 3.76. The Morgan fingerprint density at radius 1 is 1.19 bits per heavy atom. The number of hydrogen-bond acceptors (Lipinski definition) is 11. The van der Waals surface area contributed by atoms with E-state index in [0.29, 0.717) is 18.6 Å². The molecule has 0 saturated carbocycles. The van der Waals surface area contributed by atoms with Gasteiger partial charge in [0.15, 0.2) is 5.43 Å². The number of phenols is 1. The fraction of sp³-hybridized carbons (Fsp3) is 0.462. The average Bonchev–Trinajstić information content (AvgIpc) is 2.82. The van der Waals surface area contributed by atoms with Gasteiger partial charge in [0.25, 0.3) is 0 Å². The molecule has 2 heterocycles. The number of esters is 1. The highest BCUT2D eigenvalue weighted by molar-refractivity contribution is 5.87. The largest absolute Gasteiger partial charge is 0.507 e. The molecule has 0 bridgehead atoms. The lowest BCUT2D eigenvalue weighted by Crippen LogP contribution is -2.60. The van der Waals surface area contributed by atoms with Gasteiger partial charge in [-0.3, -0.25) is 4.79 Å². The molecule has 0 spiro atoms. The van der Waals surface area contributed by atoms with Crippen LogP contribution in [0.15, 0.2) is 51.7 Å². The first-order valence-corrected chi connectivity index (χ1v) is 11.7. The standard InChI is InChI=1S/C26H32O11/c1-5-26(4,33)8-6-7-13(2)24(32)34-12-19-21(29)22(30)23(31)25(37-19)36-15-10-17(28)20-16(27)9-14(3)35-18(20)11-15/h5,7,9-11,19,21-23,25,28-31,33H,1,6,8,12H2,2-4H3/b13-7+/t19-,21-,22+,23-,25-,26-/m1/s1. The van der Waals surface area contributed by atoms with Gasteiger partial charge in [0.2, 0.25) is 6.29 Å². The SMILES string of the molecule is C=C[C@@](C)(O)CC/C=C(\C)C(=O)OC[C@H]1O[C@@H](Oc2cc(O)c3c(=O)cc(C)oc3c2)[C@H](O)[C@@H](O)[C@@H]1O. The molecule has 11 nitrogen and oxygen atoms in total.